The standard InChI is InChI=1S/C9H14N2OS/c1-6(2)8-11-7(3-13-8)9(12)4-10-5-9/h3,6,10,12H,4-5H2,1-2H3. The van der Waals surface area contributed by atoms with Crippen LogP contribution in [0.15, 0.2) is 5.38 Å². The molecule has 0 aliphatic carbocycles. The molecule has 2 rings (SSSR count). The van der Waals surface area contributed by atoms with Gasteiger partial charge in [0, 0.05) is 24.4 Å². The molecule has 0 atom stereocenters. The van der Waals surface area contributed by atoms with Crippen LogP contribution in [0.25, 0.3) is 0 Å². The van der Waals surface area contributed by atoms with Gasteiger partial charge in [-0.05, 0) is 0 Å². The molecule has 13 heavy (non-hydrogen) atoms. The maximum absolute atomic E-state index is 9.96. The molecule has 0 saturated carbocycles. The van der Waals surface area contributed by atoms with Gasteiger partial charge in [0.15, 0.2) is 0 Å². The van der Waals surface area contributed by atoms with Crippen LogP contribution < -0.4 is 5.32 Å². The van der Waals surface area contributed by atoms with Gasteiger partial charge in [0.05, 0.1) is 10.7 Å². The van der Waals surface area contributed by atoms with E-state index in [2.05, 4.69) is 24.1 Å². The molecule has 0 aromatic carbocycles. The zero-order valence-electron chi connectivity index (χ0n) is 7.87. The summed E-state index contributed by atoms with van der Waals surface area (Å²) in [4.78, 5) is 4.43. The van der Waals surface area contributed by atoms with E-state index in [9.17, 15) is 5.11 Å². The normalized spacial score (nSPS) is 20.3. The molecule has 1 aromatic heterocycles. The molecule has 0 amide bonds. The predicted octanol–water partition coefficient (Wildman–Crippen LogP) is 1.06. The van der Waals surface area contributed by atoms with Crippen LogP contribution in [0.1, 0.15) is 30.5 Å². The van der Waals surface area contributed by atoms with Crippen LogP contribution >= 0.6 is 11.3 Å². The monoisotopic (exact) mass is 198 g/mol. The fourth-order valence-electron chi connectivity index (χ4n) is 1.31. The Morgan fingerprint density at radius 2 is 2.31 bits per heavy atom. The lowest BCUT2D eigenvalue weighted by Gasteiger charge is -2.36. The van der Waals surface area contributed by atoms with Crippen LogP contribution in [0.4, 0.5) is 0 Å². The summed E-state index contributed by atoms with van der Waals surface area (Å²) in [5, 5.41) is 16.1. The van der Waals surface area contributed by atoms with Crippen molar-refractivity contribution in [3.63, 3.8) is 0 Å². The molecule has 1 saturated heterocycles. The summed E-state index contributed by atoms with van der Waals surface area (Å²) in [6, 6.07) is 0. The lowest BCUT2D eigenvalue weighted by Crippen LogP contribution is -2.56. The Bertz CT molecular complexity index is 304. The molecule has 3 nitrogen and oxygen atoms in total. The third kappa shape index (κ3) is 1.49. The fraction of sp³-hybridized carbons (Fsp3) is 0.667. The zero-order valence-corrected chi connectivity index (χ0v) is 8.69. The van der Waals surface area contributed by atoms with Crippen LogP contribution in [0, 0.1) is 0 Å². The average molecular weight is 198 g/mol. The van der Waals surface area contributed by atoms with Crippen molar-refractivity contribution in [2.24, 2.45) is 0 Å². The maximum atomic E-state index is 9.96. The lowest BCUT2D eigenvalue weighted by molar-refractivity contribution is -0.0181. The number of rotatable bonds is 2. The number of β-amino-alcohol motifs (C(OH)–C–C–N with tert-alkyl or cyclic N) is 1. The van der Waals surface area contributed by atoms with Crippen molar-refractivity contribution >= 4 is 11.3 Å². The van der Waals surface area contributed by atoms with Crippen molar-refractivity contribution in [3.05, 3.63) is 16.1 Å². The van der Waals surface area contributed by atoms with Crippen molar-refractivity contribution in [1.82, 2.24) is 10.3 Å². The van der Waals surface area contributed by atoms with Gasteiger partial charge in [0.2, 0.25) is 0 Å². The van der Waals surface area contributed by atoms with Gasteiger partial charge in [-0.2, -0.15) is 0 Å². The minimum atomic E-state index is -0.691. The molecule has 1 aliphatic heterocycles. The van der Waals surface area contributed by atoms with E-state index in [1.54, 1.807) is 11.3 Å². The smallest absolute Gasteiger partial charge is 0.132 e. The van der Waals surface area contributed by atoms with Gasteiger partial charge in [-0.1, -0.05) is 13.8 Å². The Labute approximate surface area is 81.8 Å². The van der Waals surface area contributed by atoms with E-state index in [-0.39, 0.29) is 0 Å². The largest absolute Gasteiger partial charge is 0.381 e. The molecular weight excluding hydrogens is 184 g/mol. The number of hydrogen-bond acceptors (Lipinski definition) is 4. The van der Waals surface area contributed by atoms with Gasteiger partial charge in [0.1, 0.15) is 5.60 Å². The molecule has 2 heterocycles. The number of aliphatic hydroxyl groups is 1. The highest BCUT2D eigenvalue weighted by Gasteiger charge is 2.38. The van der Waals surface area contributed by atoms with Crippen LogP contribution in [0.5, 0.6) is 0 Å². The van der Waals surface area contributed by atoms with Gasteiger partial charge in [-0.3, -0.25) is 0 Å². The number of nitrogens with zero attached hydrogens (tertiary/aromatic N) is 1. The molecular formula is C9H14N2OS. The predicted molar refractivity (Wildman–Crippen MR) is 53.0 cm³/mol. The van der Waals surface area contributed by atoms with Gasteiger partial charge < -0.3 is 10.4 Å². The Morgan fingerprint density at radius 3 is 2.69 bits per heavy atom. The SMILES string of the molecule is CC(C)c1nc(C2(O)CNC2)cs1. The van der Waals surface area contributed by atoms with Crippen molar-refractivity contribution in [2.45, 2.75) is 25.4 Å². The first-order valence-corrected chi connectivity index (χ1v) is 5.39. The van der Waals surface area contributed by atoms with Crippen molar-refractivity contribution in [2.75, 3.05) is 13.1 Å². The summed E-state index contributed by atoms with van der Waals surface area (Å²) >= 11 is 1.63. The minimum Gasteiger partial charge on any atom is -0.381 e. The second kappa shape index (κ2) is 3.04. The van der Waals surface area contributed by atoms with Gasteiger partial charge in [0.25, 0.3) is 0 Å². The highest BCUT2D eigenvalue weighted by atomic mass is 32.1. The van der Waals surface area contributed by atoms with E-state index in [1.165, 1.54) is 0 Å². The highest BCUT2D eigenvalue weighted by Crippen LogP contribution is 2.28. The average Bonchev–Trinajstić information content (AvgIpc) is 2.48. The molecule has 72 valence electrons. The van der Waals surface area contributed by atoms with Gasteiger partial charge in [-0.15, -0.1) is 11.3 Å². The summed E-state index contributed by atoms with van der Waals surface area (Å²) in [6.07, 6.45) is 0. The van der Waals surface area contributed by atoms with Crippen LogP contribution in [-0.2, 0) is 5.60 Å². The maximum Gasteiger partial charge on any atom is 0.132 e. The molecule has 1 fully saturated rings. The first-order chi connectivity index (χ1) is 6.12. The van der Waals surface area contributed by atoms with Crippen molar-refractivity contribution in [1.29, 1.82) is 0 Å². The third-order valence-electron chi connectivity index (χ3n) is 2.33. The summed E-state index contributed by atoms with van der Waals surface area (Å²) in [7, 11) is 0. The first-order valence-electron chi connectivity index (χ1n) is 4.51. The molecule has 0 spiro atoms. The molecule has 0 unspecified atom stereocenters. The summed E-state index contributed by atoms with van der Waals surface area (Å²) in [6.45, 7) is 5.50. The van der Waals surface area contributed by atoms with E-state index in [0.717, 1.165) is 10.7 Å². The molecule has 1 aliphatic rings. The topological polar surface area (TPSA) is 45.2 Å². The van der Waals surface area contributed by atoms with E-state index in [1.807, 2.05) is 5.38 Å². The highest BCUT2D eigenvalue weighted by molar-refractivity contribution is 7.09. The number of hydrogen-bond donors (Lipinski definition) is 2. The number of thiazole rings is 1. The van der Waals surface area contributed by atoms with Gasteiger partial charge >= 0.3 is 0 Å². The second-order valence-corrected chi connectivity index (χ2v) is 4.75. The Hall–Kier alpha value is -0.450. The van der Waals surface area contributed by atoms with E-state index >= 15 is 0 Å². The van der Waals surface area contributed by atoms with E-state index in [4.69, 9.17) is 0 Å². The number of nitrogens with one attached hydrogen (secondary N) is 1. The molecule has 0 radical (unpaired) electrons. The molecule has 4 heteroatoms. The molecule has 2 N–H and O–H groups in total. The van der Waals surface area contributed by atoms with Crippen LogP contribution in [-0.4, -0.2) is 23.2 Å². The van der Waals surface area contributed by atoms with E-state index in [0.29, 0.717) is 19.0 Å². The molecule has 1 aromatic rings. The van der Waals surface area contributed by atoms with Crippen molar-refractivity contribution < 1.29 is 5.11 Å². The summed E-state index contributed by atoms with van der Waals surface area (Å²) in [5.41, 5.74) is 0.142. The van der Waals surface area contributed by atoms with E-state index < -0.39 is 5.60 Å². The minimum absolute atomic E-state index is 0.454. The molecule has 0 bridgehead atoms. The summed E-state index contributed by atoms with van der Waals surface area (Å²) in [5.74, 6) is 0.454. The first kappa shape index (κ1) is 9.12. The Morgan fingerprint density at radius 1 is 1.62 bits per heavy atom. The Balaban J connectivity index is 2.22. The van der Waals surface area contributed by atoms with Crippen LogP contribution in [0.3, 0.4) is 0 Å². The van der Waals surface area contributed by atoms with Crippen molar-refractivity contribution in [3.8, 4) is 0 Å². The van der Waals surface area contributed by atoms with Gasteiger partial charge in [-0.25, -0.2) is 4.98 Å². The number of aromatic nitrogens is 1. The quantitative estimate of drug-likeness (QED) is 0.747. The summed E-state index contributed by atoms with van der Waals surface area (Å²) < 4.78 is 0. The fourth-order valence-corrected chi connectivity index (χ4v) is 2.24. The van der Waals surface area contributed by atoms with Crippen LogP contribution in [0.2, 0.25) is 0 Å². The second-order valence-electron chi connectivity index (χ2n) is 3.86. The zero-order chi connectivity index (χ0) is 9.47. The Kier molecular flexibility index (Phi) is 2.14. The lowest BCUT2D eigenvalue weighted by atomic mass is 9.94. The third-order valence-corrected chi connectivity index (χ3v) is 3.47.